The third kappa shape index (κ3) is 4.82. The number of carbonyl (C=O) groups is 1. The molecule has 0 radical (unpaired) electrons. The van der Waals surface area contributed by atoms with Crippen molar-refractivity contribution in [3.05, 3.63) is 65.2 Å². The smallest absolute Gasteiger partial charge is 0.252 e. The van der Waals surface area contributed by atoms with Crippen LogP contribution in [-0.2, 0) is 0 Å². The fourth-order valence-electron chi connectivity index (χ4n) is 1.74. The van der Waals surface area contributed by atoms with Gasteiger partial charge in [-0.25, -0.2) is 8.78 Å². The van der Waals surface area contributed by atoms with Gasteiger partial charge in [-0.1, -0.05) is 11.8 Å². The Kier molecular flexibility index (Phi) is 5.88. The molecule has 4 nitrogen and oxygen atoms in total. The maximum atomic E-state index is 13.3. The van der Waals surface area contributed by atoms with E-state index in [4.69, 9.17) is 10.00 Å². The molecule has 120 valence electrons. The third-order valence-electron chi connectivity index (χ3n) is 2.93. The summed E-state index contributed by atoms with van der Waals surface area (Å²) in [6.45, 7) is 0.00336. The molecule has 2 aromatic rings. The van der Waals surface area contributed by atoms with Gasteiger partial charge in [0.2, 0.25) is 0 Å². The predicted molar refractivity (Wildman–Crippen MR) is 83.1 cm³/mol. The Hall–Kier alpha value is -3.38. The number of hydrogen-bond acceptors (Lipinski definition) is 3. The van der Waals surface area contributed by atoms with Gasteiger partial charge in [0.1, 0.15) is 12.4 Å². The summed E-state index contributed by atoms with van der Waals surface area (Å²) >= 11 is 0. The number of nitriles is 1. The first kappa shape index (κ1) is 17.0. The van der Waals surface area contributed by atoms with Gasteiger partial charge in [0.25, 0.3) is 5.91 Å². The van der Waals surface area contributed by atoms with Crippen LogP contribution in [0.15, 0.2) is 42.5 Å². The first-order chi connectivity index (χ1) is 11.6. The van der Waals surface area contributed by atoms with Crippen molar-refractivity contribution < 1.29 is 18.3 Å². The Morgan fingerprint density at radius 1 is 1.12 bits per heavy atom. The number of ether oxygens (including phenoxy) is 1. The summed E-state index contributed by atoms with van der Waals surface area (Å²) in [5.74, 6) is 3.37. The van der Waals surface area contributed by atoms with Gasteiger partial charge in [0.05, 0.1) is 18.2 Å². The van der Waals surface area contributed by atoms with Crippen LogP contribution in [0, 0.1) is 34.8 Å². The van der Waals surface area contributed by atoms with E-state index >= 15 is 0 Å². The number of nitrogens with one attached hydrogen (secondary N) is 1. The molecule has 2 aromatic carbocycles. The monoisotopic (exact) mass is 326 g/mol. The van der Waals surface area contributed by atoms with Crippen molar-refractivity contribution in [2.45, 2.75) is 0 Å². The van der Waals surface area contributed by atoms with Gasteiger partial charge in [0.15, 0.2) is 11.6 Å². The molecule has 0 aliphatic heterocycles. The zero-order valence-electron chi connectivity index (χ0n) is 12.5. The lowest BCUT2D eigenvalue weighted by atomic mass is 10.1. The fourth-order valence-corrected chi connectivity index (χ4v) is 1.74. The molecule has 24 heavy (non-hydrogen) atoms. The topological polar surface area (TPSA) is 62.1 Å². The second kappa shape index (κ2) is 8.30. The highest BCUT2D eigenvalue weighted by molar-refractivity contribution is 5.94. The average molecular weight is 326 g/mol. The standard InChI is InChI=1S/C18H12F2N2O2/c19-15-7-8-17(16(20)11-15)24-10-2-1-9-22-18(23)14-5-3-13(12-21)4-6-14/h3-8,11H,9-10H2,(H,22,23). The van der Waals surface area contributed by atoms with Crippen molar-refractivity contribution in [1.29, 1.82) is 5.26 Å². The molecule has 0 saturated carbocycles. The van der Waals surface area contributed by atoms with Crippen LogP contribution in [-0.4, -0.2) is 19.1 Å². The van der Waals surface area contributed by atoms with Gasteiger partial charge >= 0.3 is 0 Å². The maximum absolute atomic E-state index is 13.3. The number of benzene rings is 2. The SMILES string of the molecule is N#Cc1ccc(C(=O)NCC#CCOc2ccc(F)cc2F)cc1. The van der Waals surface area contributed by atoms with Crippen LogP contribution in [0.1, 0.15) is 15.9 Å². The summed E-state index contributed by atoms with van der Waals surface area (Å²) in [6.07, 6.45) is 0. The summed E-state index contributed by atoms with van der Waals surface area (Å²) in [5.41, 5.74) is 0.886. The molecular weight excluding hydrogens is 314 g/mol. The van der Waals surface area contributed by atoms with E-state index < -0.39 is 11.6 Å². The average Bonchev–Trinajstić information content (AvgIpc) is 2.59. The van der Waals surface area contributed by atoms with Crippen molar-refractivity contribution in [2.75, 3.05) is 13.2 Å². The lowest BCUT2D eigenvalue weighted by Crippen LogP contribution is -2.23. The first-order valence-electron chi connectivity index (χ1n) is 6.92. The summed E-state index contributed by atoms with van der Waals surface area (Å²) in [4.78, 5) is 11.8. The van der Waals surface area contributed by atoms with Gasteiger partial charge in [0, 0.05) is 11.6 Å². The maximum Gasteiger partial charge on any atom is 0.252 e. The molecule has 0 spiro atoms. The molecule has 2 rings (SSSR count). The van der Waals surface area contributed by atoms with Gasteiger partial charge in [-0.2, -0.15) is 5.26 Å². The van der Waals surface area contributed by atoms with Crippen molar-refractivity contribution in [1.82, 2.24) is 5.32 Å². The molecular formula is C18H12F2N2O2. The largest absolute Gasteiger partial charge is 0.478 e. The van der Waals surface area contributed by atoms with Crippen molar-refractivity contribution in [3.63, 3.8) is 0 Å². The quantitative estimate of drug-likeness (QED) is 0.879. The highest BCUT2D eigenvalue weighted by Crippen LogP contribution is 2.17. The normalized spacial score (nSPS) is 9.38. The molecule has 0 aliphatic rings. The summed E-state index contributed by atoms with van der Waals surface area (Å²) in [5, 5.41) is 11.3. The van der Waals surface area contributed by atoms with Crippen molar-refractivity contribution >= 4 is 5.91 Å². The van der Waals surface area contributed by atoms with Gasteiger partial charge < -0.3 is 10.1 Å². The summed E-state index contributed by atoms with van der Waals surface area (Å²) < 4.78 is 31.0. The Labute approximate surface area is 137 Å². The summed E-state index contributed by atoms with van der Waals surface area (Å²) in [6, 6.07) is 11.1. The molecule has 0 saturated heterocycles. The molecule has 0 unspecified atom stereocenters. The Morgan fingerprint density at radius 2 is 1.88 bits per heavy atom. The zero-order chi connectivity index (χ0) is 17.4. The number of halogens is 2. The minimum Gasteiger partial charge on any atom is -0.478 e. The summed E-state index contributed by atoms with van der Waals surface area (Å²) in [7, 11) is 0. The van der Waals surface area contributed by atoms with Gasteiger partial charge in [-0.15, -0.1) is 0 Å². The predicted octanol–water partition coefficient (Wildman–Crippen LogP) is 2.65. The van der Waals surface area contributed by atoms with E-state index in [9.17, 15) is 13.6 Å². The van der Waals surface area contributed by atoms with E-state index in [1.54, 1.807) is 24.3 Å². The van der Waals surface area contributed by atoms with E-state index in [1.165, 1.54) is 6.07 Å². The molecule has 0 atom stereocenters. The lowest BCUT2D eigenvalue weighted by molar-refractivity contribution is 0.0958. The number of amides is 1. The molecule has 1 N–H and O–H groups in total. The van der Waals surface area contributed by atoms with E-state index in [1.807, 2.05) is 6.07 Å². The van der Waals surface area contributed by atoms with Crippen LogP contribution >= 0.6 is 0 Å². The number of rotatable bonds is 4. The Bertz CT molecular complexity index is 831. The first-order valence-corrected chi connectivity index (χ1v) is 6.92. The number of hydrogen-bond donors (Lipinski definition) is 1. The molecule has 0 heterocycles. The number of nitrogens with zero attached hydrogens (tertiary/aromatic N) is 1. The van der Waals surface area contributed by atoms with Gasteiger partial charge in [-0.05, 0) is 36.4 Å². The third-order valence-corrected chi connectivity index (χ3v) is 2.93. The van der Waals surface area contributed by atoms with Gasteiger partial charge in [-0.3, -0.25) is 4.79 Å². The molecule has 0 aromatic heterocycles. The van der Waals surface area contributed by atoms with Crippen LogP contribution in [0.25, 0.3) is 0 Å². The van der Waals surface area contributed by atoms with Crippen LogP contribution in [0.2, 0.25) is 0 Å². The van der Waals surface area contributed by atoms with E-state index in [-0.39, 0.29) is 24.8 Å². The highest BCUT2D eigenvalue weighted by Gasteiger charge is 2.04. The van der Waals surface area contributed by atoms with E-state index in [0.29, 0.717) is 11.1 Å². The second-order valence-corrected chi connectivity index (χ2v) is 4.59. The number of carbonyl (C=O) groups excluding carboxylic acids is 1. The van der Waals surface area contributed by atoms with E-state index in [2.05, 4.69) is 17.2 Å². The second-order valence-electron chi connectivity index (χ2n) is 4.59. The Balaban J connectivity index is 1.77. The van der Waals surface area contributed by atoms with Crippen LogP contribution in [0.3, 0.4) is 0 Å². The molecule has 1 amide bonds. The molecule has 0 fully saturated rings. The Morgan fingerprint density at radius 3 is 2.54 bits per heavy atom. The van der Waals surface area contributed by atoms with Crippen LogP contribution in [0.5, 0.6) is 5.75 Å². The van der Waals surface area contributed by atoms with Crippen LogP contribution in [0.4, 0.5) is 8.78 Å². The van der Waals surface area contributed by atoms with Crippen LogP contribution < -0.4 is 10.1 Å². The van der Waals surface area contributed by atoms with Crippen molar-refractivity contribution in [3.8, 4) is 23.7 Å². The fraction of sp³-hybridized carbons (Fsp3) is 0.111. The van der Waals surface area contributed by atoms with E-state index in [0.717, 1.165) is 12.1 Å². The zero-order valence-corrected chi connectivity index (χ0v) is 12.5. The minimum atomic E-state index is -0.800. The van der Waals surface area contributed by atoms with Crippen molar-refractivity contribution in [2.24, 2.45) is 0 Å². The molecule has 0 bridgehead atoms. The molecule has 6 heteroatoms. The lowest BCUT2D eigenvalue weighted by Gasteiger charge is -2.03. The minimum absolute atomic E-state index is 0.0880. The highest BCUT2D eigenvalue weighted by atomic mass is 19.1. The molecule has 0 aliphatic carbocycles.